The molecule has 0 fully saturated rings. The summed E-state index contributed by atoms with van der Waals surface area (Å²) in [6.45, 7) is 2.82. The predicted molar refractivity (Wildman–Crippen MR) is 106 cm³/mol. The van der Waals surface area contributed by atoms with E-state index in [1.165, 1.54) is 0 Å². The van der Waals surface area contributed by atoms with Gasteiger partial charge in [-0.05, 0) is 24.3 Å². The summed E-state index contributed by atoms with van der Waals surface area (Å²) in [7, 11) is 0. The second kappa shape index (κ2) is 11.6. The quantitative estimate of drug-likeness (QED) is 0.672. The van der Waals surface area contributed by atoms with Gasteiger partial charge in [0.25, 0.3) is 0 Å². The molecular formula is C21H25ClO6. The van der Waals surface area contributed by atoms with E-state index >= 15 is 0 Å². The highest BCUT2D eigenvalue weighted by atomic mass is 35.5. The van der Waals surface area contributed by atoms with Crippen LogP contribution in [0, 0.1) is 0 Å². The molecule has 1 aliphatic rings. The van der Waals surface area contributed by atoms with Crippen LogP contribution < -0.4 is 18.9 Å². The molecule has 1 heterocycles. The van der Waals surface area contributed by atoms with Crippen molar-refractivity contribution in [3.63, 3.8) is 0 Å². The number of halogens is 1. The van der Waals surface area contributed by atoms with Gasteiger partial charge in [0.05, 0.1) is 25.7 Å². The number of ether oxygens (including phenoxy) is 6. The zero-order valence-electron chi connectivity index (χ0n) is 15.7. The Labute approximate surface area is 170 Å². The molecule has 2 aromatic carbocycles. The summed E-state index contributed by atoms with van der Waals surface area (Å²) in [5.41, 5.74) is 0. The van der Waals surface area contributed by atoms with Crippen LogP contribution in [0.3, 0.4) is 0 Å². The molecule has 152 valence electrons. The van der Waals surface area contributed by atoms with E-state index in [9.17, 15) is 0 Å². The molecule has 1 atom stereocenters. The summed E-state index contributed by atoms with van der Waals surface area (Å²) in [5, 5.41) is 0. The van der Waals surface area contributed by atoms with Gasteiger partial charge in [-0.1, -0.05) is 24.3 Å². The van der Waals surface area contributed by atoms with Crippen LogP contribution >= 0.6 is 11.6 Å². The number of fused-ring (bicyclic) bond motifs is 2. The Morgan fingerprint density at radius 1 is 0.643 bits per heavy atom. The van der Waals surface area contributed by atoms with Crippen LogP contribution in [-0.4, -0.2) is 58.2 Å². The average molecular weight is 409 g/mol. The fourth-order valence-corrected chi connectivity index (χ4v) is 2.76. The maximum atomic E-state index is 6.01. The lowest BCUT2D eigenvalue weighted by Gasteiger charge is -2.19. The van der Waals surface area contributed by atoms with E-state index in [2.05, 4.69) is 0 Å². The number of benzene rings is 2. The summed E-state index contributed by atoms with van der Waals surface area (Å²) in [6, 6.07) is 15.0. The maximum Gasteiger partial charge on any atom is 0.161 e. The summed E-state index contributed by atoms with van der Waals surface area (Å²) in [5.74, 6) is 2.97. The van der Waals surface area contributed by atoms with E-state index in [0.29, 0.717) is 75.1 Å². The summed E-state index contributed by atoms with van der Waals surface area (Å²) < 4.78 is 34.5. The van der Waals surface area contributed by atoms with Crippen LogP contribution in [0.25, 0.3) is 0 Å². The monoisotopic (exact) mass is 408 g/mol. The summed E-state index contributed by atoms with van der Waals surface area (Å²) >= 11 is 6.01. The van der Waals surface area contributed by atoms with Crippen molar-refractivity contribution in [3.05, 3.63) is 48.5 Å². The highest BCUT2D eigenvalue weighted by Gasteiger charge is 2.12. The summed E-state index contributed by atoms with van der Waals surface area (Å²) in [4.78, 5) is 0. The molecule has 0 aromatic heterocycles. The molecular weight excluding hydrogens is 384 g/mol. The van der Waals surface area contributed by atoms with Gasteiger partial charge in [0.2, 0.25) is 0 Å². The number of hydrogen-bond acceptors (Lipinski definition) is 6. The van der Waals surface area contributed by atoms with E-state index in [-0.39, 0.29) is 6.10 Å². The lowest BCUT2D eigenvalue weighted by atomic mass is 10.3. The lowest BCUT2D eigenvalue weighted by Crippen LogP contribution is -2.26. The van der Waals surface area contributed by atoms with Crippen molar-refractivity contribution < 1.29 is 28.4 Å². The van der Waals surface area contributed by atoms with E-state index in [1.807, 2.05) is 48.5 Å². The molecule has 0 saturated heterocycles. The second-order valence-electron chi connectivity index (χ2n) is 6.01. The van der Waals surface area contributed by atoms with Crippen LogP contribution in [0.5, 0.6) is 23.0 Å². The third kappa shape index (κ3) is 6.48. The van der Waals surface area contributed by atoms with E-state index in [4.69, 9.17) is 40.0 Å². The first-order valence-corrected chi connectivity index (χ1v) is 9.85. The number of para-hydroxylation sites is 4. The third-order valence-corrected chi connectivity index (χ3v) is 4.30. The van der Waals surface area contributed by atoms with E-state index < -0.39 is 0 Å². The van der Waals surface area contributed by atoms with Gasteiger partial charge >= 0.3 is 0 Å². The molecule has 6 nitrogen and oxygen atoms in total. The third-order valence-electron chi connectivity index (χ3n) is 3.96. The first-order chi connectivity index (χ1) is 13.9. The van der Waals surface area contributed by atoms with Crippen LogP contribution in [0.2, 0.25) is 0 Å². The van der Waals surface area contributed by atoms with Crippen LogP contribution in [0.4, 0.5) is 0 Å². The molecule has 1 unspecified atom stereocenters. The Kier molecular flexibility index (Phi) is 8.55. The zero-order chi connectivity index (χ0) is 19.4. The van der Waals surface area contributed by atoms with E-state index in [0.717, 1.165) is 0 Å². The van der Waals surface area contributed by atoms with Crippen molar-refractivity contribution in [2.45, 2.75) is 6.10 Å². The average Bonchev–Trinajstić information content (AvgIpc) is 2.73. The predicted octanol–water partition coefficient (Wildman–Crippen LogP) is 3.56. The Bertz CT molecular complexity index is 711. The highest BCUT2D eigenvalue weighted by Crippen LogP contribution is 2.27. The van der Waals surface area contributed by atoms with Gasteiger partial charge in [0.15, 0.2) is 23.0 Å². The first-order valence-electron chi connectivity index (χ1n) is 9.31. The van der Waals surface area contributed by atoms with Gasteiger partial charge in [-0.2, -0.15) is 0 Å². The van der Waals surface area contributed by atoms with Crippen molar-refractivity contribution in [1.29, 1.82) is 0 Å². The van der Waals surface area contributed by atoms with Crippen molar-refractivity contribution >= 4 is 11.6 Å². The molecule has 1 aliphatic heterocycles. The van der Waals surface area contributed by atoms with Crippen LogP contribution in [0.1, 0.15) is 0 Å². The van der Waals surface area contributed by atoms with Crippen molar-refractivity contribution in [2.75, 3.05) is 52.1 Å². The smallest absolute Gasteiger partial charge is 0.161 e. The standard InChI is InChI=1S/C21H25ClO6/c22-15-17-16-28-21-8-4-3-7-20(21)26-12-10-23-9-11-25-18-5-1-2-6-19(18)27-14-13-24-17/h1-8,17H,9-16H2. The lowest BCUT2D eigenvalue weighted by molar-refractivity contribution is 0.0171. The zero-order valence-corrected chi connectivity index (χ0v) is 16.4. The van der Waals surface area contributed by atoms with Gasteiger partial charge in [-0.3, -0.25) is 0 Å². The fourth-order valence-electron chi connectivity index (χ4n) is 2.59. The van der Waals surface area contributed by atoms with E-state index in [1.54, 1.807) is 0 Å². The Balaban J connectivity index is 1.63. The number of alkyl halides is 1. The summed E-state index contributed by atoms with van der Waals surface area (Å²) in [6.07, 6.45) is -0.257. The first kappa shape index (κ1) is 20.6. The molecule has 0 aliphatic carbocycles. The van der Waals surface area contributed by atoms with Crippen LogP contribution in [-0.2, 0) is 9.47 Å². The minimum absolute atomic E-state index is 0.257. The van der Waals surface area contributed by atoms with Crippen LogP contribution in [0.15, 0.2) is 48.5 Å². The Morgan fingerprint density at radius 2 is 1.11 bits per heavy atom. The molecule has 0 amide bonds. The minimum atomic E-state index is -0.257. The minimum Gasteiger partial charge on any atom is -0.487 e. The molecule has 0 spiro atoms. The molecule has 0 bridgehead atoms. The second-order valence-corrected chi connectivity index (χ2v) is 6.32. The molecule has 7 heteroatoms. The van der Waals surface area contributed by atoms with Crippen molar-refractivity contribution in [2.24, 2.45) is 0 Å². The van der Waals surface area contributed by atoms with Gasteiger partial charge in [-0.25, -0.2) is 0 Å². The molecule has 28 heavy (non-hydrogen) atoms. The van der Waals surface area contributed by atoms with Gasteiger partial charge in [0.1, 0.15) is 32.5 Å². The molecule has 0 saturated carbocycles. The number of rotatable bonds is 1. The molecule has 0 radical (unpaired) electrons. The topological polar surface area (TPSA) is 55.4 Å². The van der Waals surface area contributed by atoms with Crippen molar-refractivity contribution in [3.8, 4) is 23.0 Å². The van der Waals surface area contributed by atoms with Gasteiger partial charge in [0, 0.05) is 0 Å². The maximum absolute atomic E-state index is 6.01. The van der Waals surface area contributed by atoms with Gasteiger partial charge < -0.3 is 28.4 Å². The fraction of sp³-hybridized carbons (Fsp3) is 0.429. The molecule has 3 rings (SSSR count). The highest BCUT2D eigenvalue weighted by molar-refractivity contribution is 6.18. The van der Waals surface area contributed by atoms with Crippen molar-refractivity contribution in [1.82, 2.24) is 0 Å². The Hall–Kier alpha value is -2.15. The largest absolute Gasteiger partial charge is 0.487 e. The normalized spacial score (nSPS) is 19.2. The molecule has 0 N–H and O–H groups in total. The molecule has 2 aromatic rings. The Morgan fingerprint density at radius 3 is 1.61 bits per heavy atom. The number of hydrogen-bond donors (Lipinski definition) is 0. The van der Waals surface area contributed by atoms with Gasteiger partial charge in [-0.15, -0.1) is 11.6 Å². The SMILES string of the molecule is ClCC1COc2ccccc2OCCOCCOc2ccccc2OCCO1.